The first-order chi connectivity index (χ1) is 20.0. The summed E-state index contributed by atoms with van der Waals surface area (Å²) < 4.78 is 34.9. The fourth-order valence-corrected chi connectivity index (χ4v) is 7.74. The monoisotopic (exact) mass is 614 g/mol. The molecule has 1 aliphatic carbocycles. The van der Waals surface area contributed by atoms with Crippen molar-refractivity contribution >= 4 is 39.5 Å². The van der Waals surface area contributed by atoms with Gasteiger partial charge in [0.1, 0.15) is 18.0 Å². The molecule has 0 radical (unpaired) electrons. The van der Waals surface area contributed by atoms with Gasteiger partial charge in [-0.05, 0) is 105 Å². The van der Waals surface area contributed by atoms with Gasteiger partial charge in [0, 0.05) is 29.6 Å². The van der Waals surface area contributed by atoms with E-state index < -0.39 is 26.8 Å². The van der Waals surface area contributed by atoms with E-state index in [0.29, 0.717) is 55.3 Å². The summed E-state index contributed by atoms with van der Waals surface area (Å²) in [5.41, 5.74) is 1.43. The van der Waals surface area contributed by atoms with E-state index in [1.165, 1.54) is 6.08 Å². The van der Waals surface area contributed by atoms with E-state index in [-0.39, 0.29) is 23.3 Å². The van der Waals surface area contributed by atoms with Crippen LogP contribution in [0.25, 0.3) is 0 Å². The van der Waals surface area contributed by atoms with Gasteiger partial charge in [-0.15, -0.1) is 0 Å². The van der Waals surface area contributed by atoms with E-state index in [1.807, 2.05) is 18.2 Å². The number of fused-ring (bicyclic) bond motifs is 3. The first-order valence-corrected chi connectivity index (χ1v) is 16.6. The van der Waals surface area contributed by atoms with Crippen LogP contribution in [0.3, 0.4) is 0 Å². The highest BCUT2D eigenvalue weighted by atomic mass is 35.5. The molecule has 5 rings (SSSR count). The molecule has 1 unspecified atom stereocenters. The molecule has 5 atom stereocenters. The fourth-order valence-electron chi connectivity index (χ4n) is 6.26. The quantitative estimate of drug-likeness (QED) is 0.341. The lowest BCUT2D eigenvalue weighted by Crippen LogP contribution is -2.51. The number of hydrogen-bond donors (Lipinski definition) is 2. The van der Waals surface area contributed by atoms with Crippen LogP contribution in [-0.4, -0.2) is 49.7 Å². The summed E-state index contributed by atoms with van der Waals surface area (Å²) in [5.74, 6) is -0.703. The molecule has 10 heteroatoms. The Labute approximate surface area is 253 Å². The zero-order chi connectivity index (χ0) is 30.1. The van der Waals surface area contributed by atoms with Gasteiger partial charge in [0.05, 0.1) is 10.9 Å². The third kappa shape index (κ3) is 6.38. The van der Waals surface area contributed by atoms with Gasteiger partial charge < -0.3 is 14.7 Å². The largest absolute Gasteiger partial charge is 0.487 e. The number of nitrogens with one attached hydrogen (secondary N) is 1. The number of nitrogens with zero attached hydrogens (tertiary/aromatic N) is 1. The Bertz CT molecular complexity index is 1480. The van der Waals surface area contributed by atoms with Gasteiger partial charge in [-0.1, -0.05) is 30.7 Å². The molecule has 1 amide bonds. The molecule has 2 N–H and O–H groups in total. The van der Waals surface area contributed by atoms with Crippen molar-refractivity contribution in [1.82, 2.24) is 4.72 Å². The van der Waals surface area contributed by atoms with Gasteiger partial charge in [-0.2, -0.15) is 0 Å². The molecule has 0 aromatic heterocycles. The zero-order valence-corrected chi connectivity index (χ0v) is 25.7. The highest BCUT2D eigenvalue weighted by Gasteiger charge is 2.46. The fraction of sp³-hybridized carbons (Fsp3) is 0.500. The molecule has 226 valence electrons. The Kier molecular flexibility index (Phi) is 9.02. The molecule has 2 heterocycles. The number of allylic oxidation sites excluding steroid dienone is 1. The number of aldehydes is 1. The molecule has 2 aromatic carbocycles. The minimum atomic E-state index is -4.00. The smallest absolute Gasteiger partial charge is 0.264 e. The number of anilines is 1. The summed E-state index contributed by atoms with van der Waals surface area (Å²) in [4.78, 5) is 27.7. The second kappa shape index (κ2) is 12.4. The minimum Gasteiger partial charge on any atom is -0.487 e. The van der Waals surface area contributed by atoms with Gasteiger partial charge >= 0.3 is 0 Å². The van der Waals surface area contributed by atoms with E-state index >= 15 is 0 Å². The van der Waals surface area contributed by atoms with E-state index in [1.54, 1.807) is 38.1 Å². The Morgan fingerprint density at radius 1 is 1.12 bits per heavy atom. The SMILES string of the molecule is C[C@@H]1[C@@H](C)C/C=C/C(O)(C=O)[C@@H]2CC[C@H]2CN2CCCCc3cc(Cl)ccc3COc3ccc(cc32)C(=O)NS1(=O)=O. The van der Waals surface area contributed by atoms with Gasteiger partial charge in [0.15, 0.2) is 6.29 Å². The summed E-state index contributed by atoms with van der Waals surface area (Å²) in [5, 5.41) is 11.2. The highest BCUT2D eigenvalue weighted by molar-refractivity contribution is 7.90. The average Bonchev–Trinajstić information content (AvgIpc) is 2.97. The number of aryl methyl sites for hydroxylation is 1. The van der Waals surface area contributed by atoms with E-state index in [9.17, 15) is 23.1 Å². The molecule has 8 nitrogen and oxygen atoms in total. The Balaban J connectivity index is 1.57. The normalized spacial score (nSPS) is 30.7. The van der Waals surface area contributed by atoms with Crippen LogP contribution in [0.2, 0.25) is 5.02 Å². The summed E-state index contributed by atoms with van der Waals surface area (Å²) in [6.45, 7) is 4.85. The summed E-state index contributed by atoms with van der Waals surface area (Å²) in [6, 6.07) is 10.8. The molecule has 3 aliphatic rings. The Morgan fingerprint density at radius 2 is 1.93 bits per heavy atom. The lowest BCUT2D eigenvalue weighted by atomic mass is 9.64. The van der Waals surface area contributed by atoms with E-state index in [0.717, 1.165) is 36.8 Å². The minimum absolute atomic E-state index is 0.0425. The summed E-state index contributed by atoms with van der Waals surface area (Å²) in [7, 11) is -4.00. The van der Waals surface area contributed by atoms with Crippen LogP contribution in [0.5, 0.6) is 5.75 Å². The van der Waals surface area contributed by atoms with Crippen LogP contribution in [0.15, 0.2) is 48.6 Å². The molecule has 0 spiro atoms. The van der Waals surface area contributed by atoms with Crippen molar-refractivity contribution in [3.63, 3.8) is 0 Å². The third-order valence-corrected chi connectivity index (χ3v) is 11.5. The Morgan fingerprint density at radius 3 is 2.67 bits per heavy atom. The third-order valence-electron chi connectivity index (χ3n) is 9.31. The number of hydrogen-bond acceptors (Lipinski definition) is 7. The highest BCUT2D eigenvalue weighted by Crippen LogP contribution is 2.44. The summed E-state index contributed by atoms with van der Waals surface area (Å²) in [6.07, 6.45) is 8.33. The van der Waals surface area contributed by atoms with Gasteiger partial charge in [0.25, 0.3) is 5.91 Å². The van der Waals surface area contributed by atoms with Crippen molar-refractivity contribution in [2.45, 2.75) is 69.8 Å². The maximum absolute atomic E-state index is 13.3. The van der Waals surface area contributed by atoms with Gasteiger partial charge in [-0.3, -0.25) is 9.59 Å². The van der Waals surface area contributed by atoms with Gasteiger partial charge in [-0.25, -0.2) is 13.1 Å². The van der Waals surface area contributed by atoms with Gasteiger partial charge in [0.2, 0.25) is 10.0 Å². The molecular weight excluding hydrogens is 576 g/mol. The number of carbonyl (C=O) groups excluding carboxylic acids is 2. The number of ether oxygens (including phenoxy) is 1. The predicted molar refractivity (Wildman–Crippen MR) is 163 cm³/mol. The number of carbonyl (C=O) groups is 2. The number of benzene rings is 2. The second-order valence-corrected chi connectivity index (χ2v) is 14.5. The lowest BCUT2D eigenvalue weighted by molar-refractivity contribution is -0.130. The maximum atomic E-state index is 13.3. The van der Waals surface area contributed by atoms with Crippen molar-refractivity contribution in [1.29, 1.82) is 0 Å². The van der Waals surface area contributed by atoms with Crippen molar-refractivity contribution < 1.29 is 27.9 Å². The van der Waals surface area contributed by atoms with Crippen molar-refractivity contribution in [2.24, 2.45) is 17.8 Å². The first kappa shape index (κ1) is 30.6. The number of sulfonamides is 1. The molecule has 2 aromatic rings. The number of amides is 1. The molecule has 2 bridgehead atoms. The molecule has 0 saturated heterocycles. The summed E-state index contributed by atoms with van der Waals surface area (Å²) >= 11 is 6.29. The van der Waals surface area contributed by atoms with Crippen LogP contribution < -0.4 is 14.4 Å². The second-order valence-electron chi connectivity index (χ2n) is 12.0. The molecule has 1 fully saturated rings. The molecule has 42 heavy (non-hydrogen) atoms. The number of rotatable bonds is 1. The van der Waals surface area contributed by atoms with Crippen LogP contribution in [0, 0.1) is 17.8 Å². The average molecular weight is 615 g/mol. The maximum Gasteiger partial charge on any atom is 0.264 e. The Hall–Kier alpha value is -2.88. The van der Waals surface area contributed by atoms with Crippen LogP contribution >= 0.6 is 11.6 Å². The van der Waals surface area contributed by atoms with E-state index in [2.05, 4.69) is 9.62 Å². The molecule has 1 saturated carbocycles. The van der Waals surface area contributed by atoms with Crippen LogP contribution in [-0.2, 0) is 27.8 Å². The topological polar surface area (TPSA) is 113 Å². The van der Waals surface area contributed by atoms with Crippen molar-refractivity contribution in [3.8, 4) is 5.75 Å². The van der Waals surface area contributed by atoms with Crippen LogP contribution in [0.1, 0.15) is 67.4 Å². The number of halogens is 1. The van der Waals surface area contributed by atoms with E-state index in [4.69, 9.17) is 16.3 Å². The first-order valence-electron chi connectivity index (χ1n) is 14.7. The van der Waals surface area contributed by atoms with Crippen LogP contribution in [0.4, 0.5) is 5.69 Å². The molecule has 2 aliphatic heterocycles. The van der Waals surface area contributed by atoms with Crippen molar-refractivity contribution in [3.05, 3.63) is 70.3 Å². The molecular formula is C32H39ClN2O6S. The predicted octanol–water partition coefficient (Wildman–Crippen LogP) is 5.06. The number of aliphatic hydroxyl groups is 1. The standard InChI is InChI=1S/C32H39ClN2O6S/c1-21-6-5-14-32(38,20-36)28-12-9-25(28)18-35-15-4-3-7-23-16-27(33)11-8-26(23)19-41-30-13-10-24(17-29(30)35)31(37)34-42(39,40)22(21)2/h5,8,10-11,13-14,16-17,20-22,25,28,38H,3-4,6-7,9,12,15,18-19H2,1-2H3,(H,34,37)/b14-5+/t21-,22+,25-,28+,32?/m0/s1. The lowest BCUT2D eigenvalue weighted by Gasteiger charge is -2.46. The zero-order valence-electron chi connectivity index (χ0n) is 24.1. The van der Waals surface area contributed by atoms with Crippen molar-refractivity contribution in [2.75, 3.05) is 18.0 Å².